The van der Waals surface area contributed by atoms with E-state index >= 15 is 0 Å². The van der Waals surface area contributed by atoms with E-state index in [1.807, 2.05) is 11.8 Å². The fourth-order valence-corrected chi connectivity index (χ4v) is 3.43. The highest BCUT2D eigenvalue weighted by atomic mass is 127. The summed E-state index contributed by atoms with van der Waals surface area (Å²) in [7, 11) is 0. The van der Waals surface area contributed by atoms with Crippen LogP contribution in [-0.2, 0) is 5.75 Å². The Hall–Kier alpha value is -0.0400. The zero-order chi connectivity index (χ0) is 14.4. The van der Waals surface area contributed by atoms with Gasteiger partial charge in [-0.25, -0.2) is 9.97 Å². The van der Waals surface area contributed by atoms with Crippen LogP contribution in [0.3, 0.4) is 0 Å². The van der Waals surface area contributed by atoms with Gasteiger partial charge in [-0.3, -0.25) is 0 Å². The van der Waals surface area contributed by atoms with Gasteiger partial charge in [0.1, 0.15) is 11.6 Å². The van der Waals surface area contributed by atoms with E-state index in [-0.39, 0.29) is 0 Å². The van der Waals surface area contributed by atoms with Gasteiger partial charge >= 0.3 is 0 Å². The van der Waals surface area contributed by atoms with E-state index in [9.17, 15) is 0 Å². The Labute approximate surface area is 134 Å². The van der Waals surface area contributed by atoms with E-state index in [1.54, 1.807) is 0 Å². The molecule has 0 amide bonds. The fraction of sp³-hybridized carbons (Fsp3) is 0.714. The number of nitrogens with zero attached hydrogens (tertiary/aromatic N) is 2. The van der Waals surface area contributed by atoms with Crippen molar-refractivity contribution in [1.82, 2.24) is 9.97 Å². The van der Waals surface area contributed by atoms with E-state index in [0.717, 1.165) is 33.2 Å². The molecule has 0 fully saturated rings. The Kier molecular flexibility index (Phi) is 7.42. The molecule has 19 heavy (non-hydrogen) atoms. The summed E-state index contributed by atoms with van der Waals surface area (Å²) >= 11 is 4.28. The summed E-state index contributed by atoms with van der Waals surface area (Å²) in [5.41, 5.74) is 1.16. The Balaban J connectivity index is 2.97. The van der Waals surface area contributed by atoms with Crippen LogP contribution in [0, 0.1) is 3.57 Å². The van der Waals surface area contributed by atoms with Crippen LogP contribution in [0.1, 0.15) is 58.5 Å². The van der Waals surface area contributed by atoms with Crippen LogP contribution in [0.25, 0.3) is 0 Å². The number of thioether (sulfide) groups is 1. The molecule has 0 bridgehead atoms. The van der Waals surface area contributed by atoms with E-state index in [1.165, 1.54) is 6.42 Å². The lowest BCUT2D eigenvalue weighted by Crippen LogP contribution is -2.10. The maximum atomic E-state index is 4.74. The number of nitrogens with one attached hydrogen (secondary N) is 1. The number of aromatic nitrogens is 2. The summed E-state index contributed by atoms with van der Waals surface area (Å²) in [6.45, 7) is 11.8. The number of hydrogen-bond acceptors (Lipinski definition) is 4. The molecule has 1 aromatic heterocycles. The summed E-state index contributed by atoms with van der Waals surface area (Å²) in [5, 5.41) is 4.01. The molecule has 3 nitrogen and oxygen atoms in total. The smallest absolute Gasteiger partial charge is 0.143 e. The maximum absolute atomic E-state index is 4.74. The van der Waals surface area contributed by atoms with Crippen LogP contribution in [0.2, 0.25) is 0 Å². The molecule has 0 saturated heterocycles. The largest absolute Gasteiger partial charge is 0.369 e. The van der Waals surface area contributed by atoms with Crippen LogP contribution in [-0.4, -0.2) is 21.8 Å². The van der Waals surface area contributed by atoms with Crippen molar-refractivity contribution in [3.8, 4) is 0 Å². The Bertz CT molecular complexity index is 410. The zero-order valence-electron chi connectivity index (χ0n) is 12.5. The van der Waals surface area contributed by atoms with Gasteiger partial charge in [0.15, 0.2) is 0 Å². The standard InChI is InChI=1S/C14H24IN3S/c1-6-10(5)19-8-11-17-13(9(3)4)12(15)14(18-11)16-7-2/h9-10H,6-8H2,1-5H3,(H,16,17,18). The second-order valence-electron chi connectivity index (χ2n) is 4.90. The summed E-state index contributed by atoms with van der Waals surface area (Å²) in [6, 6.07) is 0. The predicted molar refractivity (Wildman–Crippen MR) is 94.0 cm³/mol. The van der Waals surface area contributed by atoms with Gasteiger partial charge in [-0.1, -0.05) is 27.7 Å². The minimum Gasteiger partial charge on any atom is -0.369 e. The SMILES string of the molecule is CCNc1nc(CSC(C)CC)nc(C(C)C)c1I. The van der Waals surface area contributed by atoms with Crippen molar-refractivity contribution < 1.29 is 0 Å². The third-order valence-electron chi connectivity index (χ3n) is 2.89. The van der Waals surface area contributed by atoms with Gasteiger partial charge in [0, 0.05) is 11.8 Å². The molecule has 0 aliphatic carbocycles. The van der Waals surface area contributed by atoms with Crippen LogP contribution in [0.5, 0.6) is 0 Å². The lowest BCUT2D eigenvalue weighted by Gasteiger charge is -2.15. The minimum absolute atomic E-state index is 0.430. The van der Waals surface area contributed by atoms with Crippen molar-refractivity contribution in [3.63, 3.8) is 0 Å². The molecule has 0 aromatic carbocycles. The van der Waals surface area contributed by atoms with E-state index in [4.69, 9.17) is 4.98 Å². The quantitative estimate of drug-likeness (QED) is 0.684. The lowest BCUT2D eigenvalue weighted by atomic mass is 10.1. The van der Waals surface area contributed by atoms with E-state index in [2.05, 4.69) is 67.5 Å². The van der Waals surface area contributed by atoms with Crippen molar-refractivity contribution in [2.75, 3.05) is 11.9 Å². The molecule has 108 valence electrons. The number of hydrogen-bond donors (Lipinski definition) is 1. The molecule has 1 heterocycles. The molecule has 0 saturated carbocycles. The first kappa shape index (κ1) is 17.0. The molecule has 1 aromatic rings. The number of halogens is 1. The molecule has 0 aliphatic heterocycles. The number of anilines is 1. The van der Waals surface area contributed by atoms with Gasteiger partial charge < -0.3 is 5.32 Å². The molecular weight excluding hydrogens is 369 g/mol. The highest BCUT2D eigenvalue weighted by Gasteiger charge is 2.15. The lowest BCUT2D eigenvalue weighted by molar-refractivity contribution is 0.790. The van der Waals surface area contributed by atoms with Crippen LogP contribution >= 0.6 is 34.4 Å². The van der Waals surface area contributed by atoms with Crippen LogP contribution in [0.15, 0.2) is 0 Å². The Morgan fingerprint density at radius 3 is 2.42 bits per heavy atom. The minimum atomic E-state index is 0.430. The average molecular weight is 393 g/mol. The third kappa shape index (κ3) is 5.10. The van der Waals surface area contributed by atoms with Gasteiger partial charge in [0.25, 0.3) is 0 Å². The first-order valence-electron chi connectivity index (χ1n) is 6.91. The molecule has 0 aliphatic rings. The Morgan fingerprint density at radius 2 is 1.89 bits per heavy atom. The van der Waals surface area contributed by atoms with Gasteiger partial charge in [0.05, 0.1) is 15.0 Å². The second-order valence-corrected chi connectivity index (χ2v) is 7.41. The summed E-state index contributed by atoms with van der Waals surface area (Å²) in [4.78, 5) is 9.40. The van der Waals surface area contributed by atoms with Crippen LogP contribution in [0.4, 0.5) is 5.82 Å². The summed E-state index contributed by atoms with van der Waals surface area (Å²) in [5.74, 6) is 3.26. The van der Waals surface area contributed by atoms with Gasteiger partial charge in [-0.2, -0.15) is 11.8 Å². The van der Waals surface area contributed by atoms with Gasteiger partial charge in [0.2, 0.25) is 0 Å². The van der Waals surface area contributed by atoms with Crippen molar-refractivity contribution >= 4 is 40.2 Å². The Morgan fingerprint density at radius 1 is 1.21 bits per heavy atom. The maximum Gasteiger partial charge on any atom is 0.143 e. The normalized spacial score (nSPS) is 12.8. The van der Waals surface area contributed by atoms with E-state index < -0.39 is 0 Å². The van der Waals surface area contributed by atoms with Gasteiger partial charge in [-0.15, -0.1) is 0 Å². The highest BCUT2D eigenvalue weighted by molar-refractivity contribution is 14.1. The van der Waals surface area contributed by atoms with Crippen molar-refractivity contribution in [3.05, 3.63) is 15.1 Å². The fourth-order valence-electron chi connectivity index (χ4n) is 1.58. The van der Waals surface area contributed by atoms with Crippen molar-refractivity contribution in [2.45, 2.75) is 58.0 Å². The number of rotatable bonds is 7. The second kappa shape index (κ2) is 8.29. The molecule has 1 rings (SSSR count). The summed E-state index contributed by atoms with van der Waals surface area (Å²) in [6.07, 6.45) is 1.19. The highest BCUT2D eigenvalue weighted by Crippen LogP contribution is 2.27. The molecule has 0 spiro atoms. The van der Waals surface area contributed by atoms with Gasteiger partial charge in [-0.05, 0) is 41.9 Å². The molecule has 1 atom stereocenters. The third-order valence-corrected chi connectivity index (χ3v) is 5.28. The van der Waals surface area contributed by atoms with Crippen LogP contribution < -0.4 is 5.32 Å². The summed E-state index contributed by atoms with van der Waals surface area (Å²) < 4.78 is 1.16. The molecule has 1 N–H and O–H groups in total. The monoisotopic (exact) mass is 393 g/mol. The average Bonchev–Trinajstić information content (AvgIpc) is 2.38. The molecule has 5 heteroatoms. The topological polar surface area (TPSA) is 37.8 Å². The van der Waals surface area contributed by atoms with Crippen molar-refractivity contribution in [1.29, 1.82) is 0 Å². The first-order chi connectivity index (χ1) is 8.99. The molecule has 0 radical (unpaired) electrons. The van der Waals surface area contributed by atoms with E-state index in [0.29, 0.717) is 11.2 Å². The molecular formula is C14H24IN3S. The zero-order valence-corrected chi connectivity index (χ0v) is 15.4. The molecule has 1 unspecified atom stereocenters. The first-order valence-corrected chi connectivity index (χ1v) is 9.04. The van der Waals surface area contributed by atoms with Crippen molar-refractivity contribution in [2.24, 2.45) is 0 Å². The predicted octanol–water partition coefficient (Wildman–Crippen LogP) is 4.67.